The first-order valence-corrected chi connectivity index (χ1v) is 11.3. The van der Waals surface area contributed by atoms with Crippen LogP contribution < -0.4 is 5.73 Å². The number of benzene rings is 2. The van der Waals surface area contributed by atoms with E-state index in [4.69, 9.17) is 0 Å². The van der Waals surface area contributed by atoms with Gasteiger partial charge in [0.1, 0.15) is 12.1 Å². The van der Waals surface area contributed by atoms with Crippen LogP contribution in [-0.4, -0.2) is 43.1 Å². The second-order valence-electron chi connectivity index (χ2n) is 7.05. The van der Waals surface area contributed by atoms with Gasteiger partial charge in [-0.25, -0.2) is 8.42 Å². The first-order valence-electron chi connectivity index (χ1n) is 9.91. The van der Waals surface area contributed by atoms with Crippen LogP contribution in [0.2, 0.25) is 0 Å². The van der Waals surface area contributed by atoms with E-state index in [-0.39, 0.29) is 23.4 Å². The molecule has 2 atom stereocenters. The molecule has 156 valence electrons. The number of hydrogen-bond acceptors (Lipinski definition) is 3. The van der Waals surface area contributed by atoms with Crippen molar-refractivity contribution in [1.29, 1.82) is 0 Å². The van der Waals surface area contributed by atoms with Crippen molar-refractivity contribution in [2.24, 2.45) is 5.92 Å². The molecular formula is C22H35N2O3S+. The highest BCUT2D eigenvalue weighted by atomic mass is 32.2. The molecule has 0 amide bonds. The van der Waals surface area contributed by atoms with E-state index in [9.17, 15) is 13.5 Å². The molecule has 0 heterocycles. The number of aliphatic hydroxyl groups excluding tert-OH is 1. The van der Waals surface area contributed by atoms with Gasteiger partial charge in [0.25, 0.3) is 0 Å². The summed E-state index contributed by atoms with van der Waals surface area (Å²) in [6, 6.07) is 17.9. The van der Waals surface area contributed by atoms with Crippen molar-refractivity contribution >= 4 is 10.0 Å². The van der Waals surface area contributed by atoms with Gasteiger partial charge < -0.3 is 10.8 Å². The summed E-state index contributed by atoms with van der Waals surface area (Å²) < 4.78 is 27.3. The summed E-state index contributed by atoms with van der Waals surface area (Å²) in [5.74, 6) is 0.151. The Kier molecular flexibility index (Phi) is 10.4. The van der Waals surface area contributed by atoms with E-state index in [1.165, 1.54) is 4.31 Å². The molecule has 6 heteroatoms. The Labute approximate surface area is 170 Å². The van der Waals surface area contributed by atoms with Crippen LogP contribution in [0.1, 0.15) is 33.3 Å². The van der Waals surface area contributed by atoms with Crippen LogP contribution in [0.25, 0.3) is 0 Å². The number of rotatable bonds is 9. The van der Waals surface area contributed by atoms with E-state index in [2.05, 4.69) is 5.73 Å². The van der Waals surface area contributed by atoms with E-state index in [1.54, 1.807) is 30.3 Å². The molecule has 0 fully saturated rings. The molecule has 0 radical (unpaired) electrons. The van der Waals surface area contributed by atoms with Gasteiger partial charge in [-0.1, -0.05) is 76.2 Å². The Morgan fingerprint density at radius 2 is 1.43 bits per heavy atom. The predicted molar refractivity (Wildman–Crippen MR) is 114 cm³/mol. The second-order valence-corrected chi connectivity index (χ2v) is 8.98. The topological polar surface area (TPSA) is 85.2 Å². The molecule has 2 rings (SSSR count). The lowest BCUT2D eigenvalue weighted by Crippen LogP contribution is -2.69. The molecule has 0 spiro atoms. The van der Waals surface area contributed by atoms with Gasteiger partial charge in [-0.2, -0.15) is 4.31 Å². The van der Waals surface area contributed by atoms with Crippen molar-refractivity contribution < 1.29 is 19.3 Å². The van der Waals surface area contributed by atoms with Crippen molar-refractivity contribution in [1.82, 2.24) is 4.31 Å². The second kappa shape index (κ2) is 12.0. The lowest BCUT2D eigenvalue weighted by atomic mass is 10.0. The first-order chi connectivity index (χ1) is 13.3. The minimum absolute atomic E-state index is 0.0381. The number of nitrogens with zero attached hydrogens (tertiary/aromatic N) is 1. The average molecular weight is 408 g/mol. The van der Waals surface area contributed by atoms with Crippen LogP contribution in [-0.2, 0) is 16.4 Å². The predicted octanol–water partition coefficient (Wildman–Crippen LogP) is 2.57. The van der Waals surface area contributed by atoms with Gasteiger partial charge in [0, 0.05) is 19.5 Å². The van der Waals surface area contributed by atoms with Gasteiger partial charge >= 0.3 is 0 Å². The van der Waals surface area contributed by atoms with Crippen molar-refractivity contribution in [3.8, 4) is 0 Å². The highest BCUT2D eigenvalue weighted by Crippen LogP contribution is 2.18. The Balaban J connectivity index is 0.00000190. The molecule has 4 N–H and O–H groups in total. The largest absolute Gasteiger partial charge is 0.386 e. The third kappa shape index (κ3) is 7.36. The van der Waals surface area contributed by atoms with E-state index >= 15 is 0 Å². The normalized spacial score (nSPS) is 13.7. The highest BCUT2D eigenvalue weighted by molar-refractivity contribution is 7.89. The van der Waals surface area contributed by atoms with Crippen LogP contribution in [0.4, 0.5) is 0 Å². The lowest BCUT2D eigenvalue weighted by Gasteiger charge is -2.27. The van der Waals surface area contributed by atoms with Crippen molar-refractivity contribution in [3.63, 3.8) is 0 Å². The molecule has 0 saturated carbocycles. The van der Waals surface area contributed by atoms with Crippen LogP contribution in [0.3, 0.4) is 0 Å². The Hall–Kier alpha value is -1.73. The first kappa shape index (κ1) is 24.3. The average Bonchev–Trinajstić information content (AvgIpc) is 2.70. The lowest BCUT2D eigenvalue weighted by molar-refractivity contribution is -0.437. The maximum absolute atomic E-state index is 13.0. The van der Waals surface area contributed by atoms with Gasteiger partial charge in [-0.15, -0.1) is 0 Å². The summed E-state index contributed by atoms with van der Waals surface area (Å²) in [5.41, 5.74) is 5.13. The fourth-order valence-corrected chi connectivity index (χ4v) is 4.47. The standard InChI is InChI=1S/C20H28N2O3S.C2H6/c1-16(2)14-22(26(24,25)18-11-7-4-8-12-18)15-20(23)19(21)13-17-9-5-3-6-10-17;1-2/h3-12,16,19-20,23H,13-15,21H2,1-2H3;1-2H3/p+1/t19-,20+;/m0./s1. The molecule has 0 bridgehead atoms. The molecule has 0 aliphatic rings. The Morgan fingerprint density at radius 3 is 1.93 bits per heavy atom. The molecule has 2 aromatic carbocycles. The molecule has 0 aliphatic heterocycles. The number of quaternary nitrogens is 1. The number of sulfonamides is 1. The summed E-state index contributed by atoms with van der Waals surface area (Å²) >= 11 is 0. The van der Waals surface area contributed by atoms with E-state index in [0.29, 0.717) is 13.0 Å². The zero-order valence-electron chi connectivity index (χ0n) is 17.5. The fourth-order valence-electron chi connectivity index (χ4n) is 2.83. The zero-order chi connectivity index (χ0) is 21.2. The summed E-state index contributed by atoms with van der Waals surface area (Å²) in [4.78, 5) is 0.247. The minimum atomic E-state index is -3.65. The van der Waals surface area contributed by atoms with Crippen LogP contribution >= 0.6 is 0 Å². The summed E-state index contributed by atoms with van der Waals surface area (Å²) in [5, 5.41) is 10.6. The van der Waals surface area contributed by atoms with E-state index < -0.39 is 16.1 Å². The zero-order valence-corrected chi connectivity index (χ0v) is 18.3. The van der Waals surface area contributed by atoms with Crippen LogP contribution in [0.15, 0.2) is 65.6 Å². The smallest absolute Gasteiger partial charge is 0.243 e. The summed E-state index contributed by atoms with van der Waals surface area (Å²) in [6.07, 6.45) is -0.240. The third-order valence-electron chi connectivity index (χ3n) is 4.23. The molecule has 0 unspecified atom stereocenters. The SMILES string of the molecule is CC.CC(C)CN(C[C@@H](O)[C@@H]([NH3+])Cc1ccccc1)S(=O)(=O)c1ccccc1. The van der Waals surface area contributed by atoms with Crippen molar-refractivity contribution in [3.05, 3.63) is 66.2 Å². The maximum Gasteiger partial charge on any atom is 0.243 e. The highest BCUT2D eigenvalue weighted by Gasteiger charge is 2.30. The minimum Gasteiger partial charge on any atom is -0.386 e. The number of hydrogen-bond donors (Lipinski definition) is 2. The molecule has 0 aliphatic carbocycles. The summed E-state index contributed by atoms with van der Waals surface area (Å²) in [7, 11) is -3.65. The van der Waals surface area contributed by atoms with E-state index in [1.807, 2.05) is 58.0 Å². The Bertz CT molecular complexity index is 765. The van der Waals surface area contributed by atoms with Gasteiger partial charge in [0.15, 0.2) is 0 Å². The van der Waals surface area contributed by atoms with Gasteiger partial charge in [-0.3, -0.25) is 0 Å². The van der Waals surface area contributed by atoms with Crippen molar-refractivity contribution in [2.75, 3.05) is 13.1 Å². The van der Waals surface area contributed by atoms with Gasteiger partial charge in [0.2, 0.25) is 10.0 Å². The molecule has 5 nitrogen and oxygen atoms in total. The van der Waals surface area contributed by atoms with Crippen LogP contribution in [0.5, 0.6) is 0 Å². The molecule has 0 aromatic heterocycles. The van der Waals surface area contributed by atoms with Crippen LogP contribution in [0, 0.1) is 5.92 Å². The van der Waals surface area contributed by atoms with Crippen molar-refractivity contribution in [2.45, 2.75) is 51.2 Å². The Morgan fingerprint density at radius 1 is 0.929 bits per heavy atom. The maximum atomic E-state index is 13.0. The fraction of sp³-hybridized carbons (Fsp3) is 0.455. The monoisotopic (exact) mass is 407 g/mol. The third-order valence-corrected chi connectivity index (χ3v) is 6.07. The molecule has 28 heavy (non-hydrogen) atoms. The quantitative estimate of drug-likeness (QED) is 0.670. The molecule has 2 aromatic rings. The van der Waals surface area contributed by atoms with Gasteiger partial charge in [0.05, 0.1) is 4.90 Å². The summed E-state index contributed by atoms with van der Waals surface area (Å²) in [6.45, 7) is 8.32. The van der Waals surface area contributed by atoms with E-state index in [0.717, 1.165) is 5.56 Å². The number of aliphatic hydroxyl groups is 1. The molecule has 0 saturated heterocycles. The van der Waals surface area contributed by atoms with Gasteiger partial charge in [-0.05, 0) is 23.6 Å². The molecular weight excluding hydrogens is 372 g/mol.